The van der Waals surface area contributed by atoms with Crippen LogP contribution in [0.25, 0.3) is 0 Å². The first-order valence-electron chi connectivity index (χ1n) is 5.34. The first-order valence-corrected chi connectivity index (χ1v) is 5.34. The normalized spacial score (nSPS) is 28.1. The topological polar surface area (TPSA) is 57.4 Å². The van der Waals surface area contributed by atoms with E-state index in [0.29, 0.717) is 12.5 Å². The van der Waals surface area contributed by atoms with Gasteiger partial charge in [0.1, 0.15) is 5.75 Å². The van der Waals surface area contributed by atoms with E-state index in [1.165, 1.54) is 0 Å². The molecular formula is C11H14N2O2. The van der Waals surface area contributed by atoms with Crippen molar-refractivity contribution in [2.24, 2.45) is 11.7 Å². The van der Waals surface area contributed by atoms with Crippen molar-refractivity contribution in [1.29, 1.82) is 0 Å². The van der Waals surface area contributed by atoms with Crippen LogP contribution in [0.1, 0.15) is 17.8 Å². The molecule has 2 N–H and O–H groups in total. The molecule has 1 aromatic rings. The van der Waals surface area contributed by atoms with Crippen molar-refractivity contribution in [3.8, 4) is 5.75 Å². The Labute approximate surface area is 88.4 Å². The molecule has 0 unspecified atom stereocenters. The third-order valence-electron chi connectivity index (χ3n) is 3.05. The molecule has 0 bridgehead atoms. The highest BCUT2D eigenvalue weighted by Gasteiger charge is 2.35. The van der Waals surface area contributed by atoms with Gasteiger partial charge in [-0.25, -0.2) is 0 Å². The lowest BCUT2D eigenvalue weighted by Gasteiger charge is -2.26. The van der Waals surface area contributed by atoms with E-state index >= 15 is 0 Å². The number of rotatable bonds is 1. The summed E-state index contributed by atoms with van der Waals surface area (Å²) in [5.41, 5.74) is 7.52. The fourth-order valence-corrected chi connectivity index (χ4v) is 2.21. The van der Waals surface area contributed by atoms with E-state index in [4.69, 9.17) is 15.2 Å². The zero-order chi connectivity index (χ0) is 10.3. The third-order valence-corrected chi connectivity index (χ3v) is 3.05. The largest absolute Gasteiger partial charge is 0.463 e. The second-order valence-electron chi connectivity index (χ2n) is 4.06. The molecular weight excluding hydrogens is 192 g/mol. The molecule has 3 heterocycles. The average Bonchev–Trinajstić information content (AvgIpc) is 2.72. The summed E-state index contributed by atoms with van der Waals surface area (Å²) in [6, 6.07) is 3.86. The van der Waals surface area contributed by atoms with Crippen LogP contribution in [0.15, 0.2) is 12.1 Å². The summed E-state index contributed by atoms with van der Waals surface area (Å²) < 4.78 is 11.2. The van der Waals surface area contributed by atoms with Crippen LogP contribution < -0.4 is 10.5 Å². The lowest BCUT2D eigenvalue weighted by atomic mass is 9.98. The molecule has 80 valence electrons. The fourth-order valence-electron chi connectivity index (χ4n) is 2.21. The maximum atomic E-state index is 5.73. The molecule has 0 saturated carbocycles. The van der Waals surface area contributed by atoms with Gasteiger partial charge < -0.3 is 15.2 Å². The van der Waals surface area contributed by atoms with Crippen LogP contribution in [0, 0.1) is 5.92 Å². The number of nitrogens with two attached hydrogens (primary N) is 1. The van der Waals surface area contributed by atoms with E-state index in [2.05, 4.69) is 4.98 Å². The maximum absolute atomic E-state index is 5.73. The Morgan fingerprint density at radius 2 is 2.40 bits per heavy atom. The Bertz CT molecular complexity index is 381. The number of fused-ring (bicyclic) bond motifs is 2. The molecule has 0 aliphatic carbocycles. The molecule has 0 amide bonds. The van der Waals surface area contributed by atoms with Crippen LogP contribution in [0.3, 0.4) is 0 Å². The molecule has 2 atom stereocenters. The molecule has 1 saturated heterocycles. The molecule has 1 aromatic heterocycles. The summed E-state index contributed by atoms with van der Waals surface area (Å²) in [4.78, 5) is 4.49. The van der Waals surface area contributed by atoms with Crippen molar-refractivity contribution in [2.45, 2.75) is 25.7 Å². The van der Waals surface area contributed by atoms with E-state index in [1.54, 1.807) is 0 Å². The van der Waals surface area contributed by atoms with Gasteiger partial charge in [0.15, 0.2) is 0 Å². The van der Waals surface area contributed by atoms with Crippen LogP contribution in [0.4, 0.5) is 0 Å². The molecule has 4 heteroatoms. The minimum atomic E-state index is -0.0528. The average molecular weight is 206 g/mol. The number of nitrogens with zero attached hydrogens (tertiary/aromatic N) is 1. The zero-order valence-corrected chi connectivity index (χ0v) is 8.48. The Morgan fingerprint density at radius 3 is 3.27 bits per heavy atom. The monoisotopic (exact) mass is 206 g/mol. The van der Waals surface area contributed by atoms with E-state index < -0.39 is 0 Å². The lowest BCUT2D eigenvalue weighted by molar-refractivity contribution is -0.0706. The van der Waals surface area contributed by atoms with Gasteiger partial charge >= 0.3 is 0 Å². The maximum Gasteiger partial charge on any atom is 0.203 e. The Balaban J connectivity index is 1.93. The standard InChI is InChI=1S/C11H14N2O2/c12-6-8-1-2-10-9(13-8)5-7-3-4-14-11(7)15-10/h1-2,7,11H,3-6,12H2/t7-,11-/m0/s1. The highest BCUT2D eigenvalue weighted by atomic mass is 16.7. The molecule has 2 aliphatic rings. The van der Waals surface area contributed by atoms with E-state index in [9.17, 15) is 0 Å². The van der Waals surface area contributed by atoms with Crippen molar-refractivity contribution in [1.82, 2.24) is 4.98 Å². The minimum absolute atomic E-state index is 0.0528. The molecule has 15 heavy (non-hydrogen) atoms. The van der Waals surface area contributed by atoms with Crippen molar-refractivity contribution in [3.05, 3.63) is 23.5 Å². The van der Waals surface area contributed by atoms with Gasteiger partial charge in [0.05, 0.1) is 18.0 Å². The van der Waals surface area contributed by atoms with E-state index in [0.717, 1.165) is 36.6 Å². The van der Waals surface area contributed by atoms with Crippen LogP contribution in [-0.2, 0) is 17.7 Å². The van der Waals surface area contributed by atoms with Crippen molar-refractivity contribution in [2.75, 3.05) is 6.61 Å². The summed E-state index contributed by atoms with van der Waals surface area (Å²) in [6.07, 6.45) is 1.97. The van der Waals surface area contributed by atoms with Crippen molar-refractivity contribution < 1.29 is 9.47 Å². The zero-order valence-electron chi connectivity index (χ0n) is 8.48. The summed E-state index contributed by atoms with van der Waals surface area (Å²) in [6.45, 7) is 1.28. The van der Waals surface area contributed by atoms with Gasteiger partial charge in [0, 0.05) is 18.9 Å². The summed E-state index contributed by atoms with van der Waals surface area (Å²) in [5.74, 6) is 1.33. The molecule has 4 nitrogen and oxygen atoms in total. The van der Waals surface area contributed by atoms with Gasteiger partial charge in [-0.05, 0) is 18.6 Å². The van der Waals surface area contributed by atoms with Gasteiger partial charge in [-0.2, -0.15) is 0 Å². The summed E-state index contributed by atoms with van der Waals surface area (Å²) >= 11 is 0. The van der Waals surface area contributed by atoms with Gasteiger partial charge in [-0.15, -0.1) is 0 Å². The number of aromatic nitrogens is 1. The first-order chi connectivity index (χ1) is 7.36. The Morgan fingerprint density at radius 1 is 1.47 bits per heavy atom. The Kier molecular flexibility index (Phi) is 2.11. The predicted molar refractivity (Wildman–Crippen MR) is 54.3 cm³/mol. The Hall–Kier alpha value is -1.13. The third kappa shape index (κ3) is 1.50. The second-order valence-corrected chi connectivity index (χ2v) is 4.06. The molecule has 2 aliphatic heterocycles. The van der Waals surface area contributed by atoms with Crippen molar-refractivity contribution in [3.63, 3.8) is 0 Å². The second kappa shape index (κ2) is 3.47. The molecule has 0 spiro atoms. The number of pyridine rings is 1. The van der Waals surface area contributed by atoms with Crippen molar-refractivity contribution >= 4 is 0 Å². The molecule has 0 aromatic carbocycles. The van der Waals surface area contributed by atoms with Gasteiger partial charge in [0.2, 0.25) is 6.29 Å². The van der Waals surface area contributed by atoms with Crippen LogP contribution >= 0.6 is 0 Å². The van der Waals surface area contributed by atoms with Gasteiger partial charge in [-0.1, -0.05) is 0 Å². The number of hydrogen-bond acceptors (Lipinski definition) is 4. The highest BCUT2D eigenvalue weighted by molar-refractivity contribution is 5.32. The SMILES string of the molecule is NCc1ccc2c(n1)C[C@@H]1CCO[C@H]1O2. The number of hydrogen-bond donors (Lipinski definition) is 1. The molecule has 3 rings (SSSR count). The van der Waals surface area contributed by atoms with E-state index in [-0.39, 0.29) is 6.29 Å². The number of ether oxygens (including phenoxy) is 2. The van der Waals surface area contributed by atoms with Crippen LogP contribution in [0.2, 0.25) is 0 Å². The summed E-state index contributed by atoms with van der Waals surface area (Å²) in [7, 11) is 0. The lowest BCUT2D eigenvalue weighted by Crippen LogP contribution is -2.30. The van der Waals surface area contributed by atoms with E-state index in [1.807, 2.05) is 12.1 Å². The quantitative estimate of drug-likeness (QED) is 0.739. The van der Waals surface area contributed by atoms with Gasteiger partial charge in [-0.3, -0.25) is 4.98 Å². The van der Waals surface area contributed by atoms with Crippen LogP contribution in [0.5, 0.6) is 5.75 Å². The molecule has 1 fully saturated rings. The first kappa shape index (κ1) is 9.12. The smallest absolute Gasteiger partial charge is 0.203 e. The molecule has 0 radical (unpaired) electrons. The fraction of sp³-hybridized carbons (Fsp3) is 0.545. The van der Waals surface area contributed by atoms with Crippen LogP contribution in [-0.4, -0.2) is 17.9 Å². The predicted octanol–water partition coefficient (Wildman–Crippen LogP) is 0.838. The van der Waals surface area contributed by atoms with Gasteiger partial charge in [0.25, 0.3) is 0 Å². The minimum Gasteiger partial charge on any atom is -0.463 e. The summed E-state index contributed by atoms with van der Waals surface area (Å²) in [5, 5.41) is 0. The highest BCUT2D eigenvalue weighted by Crippen LogP contribution is 2.35.